The molecule has 2 N–H and O–H groups in total. The Morgan fingerprint density at radius 2 is 2.16 bits per heavy atom. The van der Waals surface area contributed by atoms with Gasteiger partial charge in [0.1, 0.15) is 17.4 Å². The molecule has 1 saturated heterocycles. The molecule has 0 unspecified atom stereocenters. The first-order valence-electron chi connectivity index (χ1n) is 8.16. The Bertz CT molecular complexity index is 701. The average molecular weight is 343 g/mol. The fourth-order valence-corrected chi connectivity index (χ4v) is 2.63. The Labute approximate surface area is 146 Å². The molecule has 7 nitrogen and oxygen atoms in total. The molecule has 0 spiro atoms. The van der Waals surface area contributed by atoms with Crippen molar-refractivity contribution in [3.05, 3.63) is 36.0 Å². The van der Waals surface area contributed by atoms with Gasteiger partial charge in [-0.05, 0) is 31.9 Å². The molecule has 0 aliphatic carbocycles. The highest BCUT2D eigenvalue weighted by atomic mass is 16.5. The van der Waals surface area contributed by atoms with Crippen molar-refractivity contribution in [3.63, 3.8) is 0 Å². The quantitative estimate of drug-likeness (QED) is 0.482. The summed E-state index contributed by atoms with van der Waals surface area (Å²) in [4.78, 5) is 25.8. The smallest absolute Gasteiger partial charge is 0.309 e. The van der Waals surface area contributed by atoms with Crippen LogP contribution in [0.2, 0.25) is 0 Å². The van der Waals surface area contributed by atoms with Crippen LogP contribution in [0.4, 0.5) is 5.69 Å². The van der Waals surface area contributed by atoms with Gasteiger partial charge in [0, 0.05) is 31.0 Å². The zero-order chi connectivity index (χ0) is 18.2. The topological polar surface area (TPSA) is 103 Å². The highest BCUT2D eigenvalue weighted by Crippen LogP contribution is 2.20. The van der Waals surface area contributed by atoms with E-state index in [4.69, 9.17) is 4.74 Å². The number of carbonyl (C=O) groups excluding carboxylic acids is 2. The number of esters is 1. The number of likely N-dealkylation sites (tertiary alicyclic amines) is 1. The number of nitrogens with one attached hydrogen (secondary N) is 1. The van der Waals surface area contributed by atoms with E-state index in [9.17, 15) is 20.0 Å². The summed E-state index contributed by atoms with van der Waals surface area (Å²) in [5.74, 6) is -0.827. The number of benzene rings is 1. The second-order valence-electron chi connectivity index (χ2n) is 5.72. The maximum absolute atomic E-state index is 12.2. The monoisotopic (exact) mass is 343 g/mol. The van der Waals surface area contributed by atoms with Gasteiger partial charge < -0.3 is 20.1 Å². The molecule has 0 saturated carbocycles. The fourth-order valence-electron chi connectivity index (χ4n) is 2.63. The molecule has 1 aromatic carbocycles. The van der Waals surface area contributed by atoms with Crippen LogP contribution in [0.15, 0.2) is 36.0 Å². The van der Waals surface area contributed by atoms with Gasteiger partial charge in [-0.1, -0.05) is 6.07 Å². The molecule has 0 radical (unpaired) electrons. The van der Waals surface area contributed by atoms with E-state index in [1.54, 1.807) is 19.1 Å². The van der Waals surface area contributed by atoms with Gasteiger partial charge in [-0.15, -0.1) is 0 Å². The van der Waals surface area contributed by atoms with Gasteiger partial charge in [0.15, 0.2) is 0 Å². The molecule has 0 aromatic heterocycles. The number of carbonyl (C=O) groups is 2. The van der Waals surface area contributed by atoms with Crippen molar-refractivity contribution in [1.29, 1.82) is 5.26 Å². The lowest BCUT2D eigenvalue weighted by atomic mass is 9.97. The molecule has 1 aromatic rings. The Kier molecular flexibility index (Phi) is 6.40. The van der Waals surface area contributed by atoms with E-state index in [1.807, 2.05) is 11.0 Å². The number of phenolic OH excluding ortho intramolecular Hbond substituents is 1. The van der Waals surface area contributed by atoms with Crippen LogP contribution in [0.25, 0.3) is 0 Å². The summed E-state index contributed by atoms with van der Waals surface area (Å²) in [5, 5.41) is 21.2. The molecule has 132 valence electrons. The number of piperidine rings is 1. The predicted octanol–water partition coefficient (Wildman–Crippen LogP) is 2.01. The van der Waals surface area contributed by atoms with Crippen LogP contribution >= 0.6 is 0 Å². The highest BCUT2D eigenvalue weighted by Gasteiger charge is 2.25. The minimum absolute atomic E-state index is 0.0290. The molecular weight excluding hydrogens is 322 g/mol. The van der Waals surface area contributed by atoms with Crippen molar-refractivity contribution in [3.8, 4) is 11.8 Å². The summed E-state index contributed by atoms with van der Waals surface area (Å²) >= 11 is 0. The molecule has 1 heterocycles. The van der Waals surface area contributed by atoms with Crippen LogP contribution in [0.3, 0.4) is 0 Å². The van der Waals surface area contributed by atoms with Gasteiger partial charge in [0.2, 0.25) is 0 Å². The third-order valence-corrected chi connectivity index (χ3v) is 3.93. The van der Waals surface area contributed by atoms with Crippen LogP contribution in [0.5, 0.6) is 5.75 Å². The Hall–Kier alpha value is -3.01. The fraction of sp³-hybridized carbons (Fsp3) is 0.389. The van der Waals surface area contributed by atoms with E-state index < -0.39 is 5.91 Å². The number of nitriles is 1. The second kappa shape index (κ2) is 8.73. The first-order valence-corrected chi connectivity index (χ1v) is 8.16. The Morgan fingerprint density at radius 3 is 2.76 bits per heavy atom. The number of hydrogen-bond donors (Lipinski definition) is 2. The molecule has 7 heteroatoms. The van der Waals surface area contributed by atoms with Crippen molar-refractivity contribution in [2.24, 2.45) is 5.92 Å². The number of ether oxygens (including phenoxy) is 1. The molecular formula is C18H21N3O4. The van der Waals surface area contributed by atoms with E-state index >= 15 is 0 Å². The molecule has 1 aliphatic rings. The van der Waals surface area contributed by atoms with Crippen molar-refractivity contribution in [1.82, 2.24) is 4.90 Å². The third kappa shape index (κ3) is 5.24. The van der Waals surface area contributed by atoms with E-state index in [-0.39, 0.29) is 23.2 Å². The molecule has 1 amide bonds. The summed E-state index contributed by atoms with van der Waals surface area (Å²) in [7, 11) is 0. The standard InChI is InChI=1S/C18H21N3O4/c1-2-25-18(24)13-6-8-21(9-7-13)12-14(11-19)17(23)20-15-4-3-5-16(22)10-15/h3-5,10,12-13,22H,2,6-9H2,1H3,(H,20,23)/b14-12-. The molecule has 2 rings (SSSR count). The number of aromatic hydroxyl groups is 1. The summed E-state index contributed by atoms with van der Waals surface area (Å²) in [6.07, 6.45) is 2.77. The van der Waals surface area contributed by atoms with E-state index in [2.05, 4.69) is 5.32 Å². The molecule has 0 atom stereocenters. The van der Waals surface area contributed by atoms with E-state index in [0.29, 0.717) is 38.2 Å². The minimum atomic E-state index is -0.541. The maximum atomic E-state index is 12.2. The van der Waals surface area contributed by atoms with E-state index in [1.165, 1.54) is 18.3 Å². The lowest BCUT2D eigenvalue weighted by Crippen LogP contribution is -2.34. The second-order valence-corrected chi connectivity index (χ2v) is 5.72. The molecule has 1 fully saturated rings. The number of rotatable bonds is 5. The Morgan fingerprint density at radius 1 is 1.44 bits per heavy atom. The van der Waals surface area contributed by atoms with Crippen LogP contribution in [-0.4, -0.2) is 41.6 Å². The number of phenols is 1. The molecule has 1 aliphatic heterocycles. The third-order valence-electron chi connectivity index (χ3n) is 3.93. The zero-order valence-electron chi connectivity index (χ0n) is 14.1. The maximum Gasteiger partial charge on any atom is 0.309 e. The SMILES string of the molecule is CCOC(=O)C1CCN(/C=C(/C#N)C(=O)Nc2cccc(O)c2)CC1. The van der Waals surface area contributed by atoms with Gasteiger partial charge in [-0.3, -0.25) is 9.59 Å². The van der Waals surface area contributed by atoms with E-state index in [0.717, 1.165) is 0 Å². The summed E-state index contributed by atoms with van der Waals surface area (Å²) in [5.41, 5.74) is 0.380. The average Bonchev–Trinajstić information content (AvgIpc) is 2.60. The van der Waals surface area contributed by atoms with Crippen LogP contribution < -0.4 is 5.32 Å². The predicted molar refractivity (Wildman–Crippen MR) is 91.4 cm³/mol. The number of hydrogen-bond acceptors (Lipinski definition) is 6. The first-order chi connectivity index (χ1) is 12.0. The lowest BCUT2D eigenvalue weighted by molar-refractivity contribution is -0.149. The number of amides is 1. The van der Waals surface area contributed by atoms with Crippen LogP contribution in [0, 0.1) is 17.2 Å². The lowest BCUT2D eigenvalue weighted by Gasteiger charge is -2.30. The summed E-state index contributed by atoms with van der Waals surface area (Å²) in [6, 6.07) is 8.00. The summed E-state index contributed by atoms with van der Waals surface area (Å²) < 4.78 is 5.02. The molecule has 25 heavy (non-hydrogen) atoms. The van der Waals surface area contributed by atoms with Gasteiger partial charge in [-0.25, -0.2) is 0 Å². The largest absolute Gasteiger partial charge is 0.508 e. The van der Waals surface area contributed by atoms with Gasteiger partial charge >= 0.3 is 5.97 Å². The minimum Gasteiger partial charge on any atom is -0.508 e. The van der Waals surface area contributed by atoms with Gasteiger partial charge in [0.25, 0.3) is 5.91 Å². The zero-order valence-corrected chi connectivity index (χ0v) is 14.1. The van der Waals surface area contributed by atoms with Crippen LogP contribution in [-0.2, 0) is 14.3 Å². The van der Waals surface area contributed by atoms with Crippen molar-refractivity contribution >= 4 is 17.6 Å². The first kappa shape index (κ1) is 18.3. The van der Waals surface area contributed by atoms with Crippen molar-refractivity contribution < 1.29 is 19.4 Å². The normalized spacial score (nSPS) is 15.4. The van der Waals surface area contributed by atoms with Crippen molar-refractivity contribution in [2.45, 2.75) is 19.8 Å². The van der Waals surface area contributed by atoms with Crippen LogP contribution in [0.1, 0.15) is 19.8 Å². The van der Waals surface area contributed by atoms with Crippen molar-refractivity contribution in [2.75, 3.05) is 25.0 Å². The molecule has 0 bridgehead atoms. The highest BCUT2D eigenvalue weighted by molar-refractivity contribution is 6.06. The van der Waals surface area contributed by atoms with Gasteiger partial charge in [-0.2, -0.15) is 5.26 Å². The Balaban J connectivity index is 1.95. The number of anilines is 1. The summed E-state index contributed by atoms with van der Waals surface area (Å²) in [6.45, 7) is 3.30. The van der Waals surface area contributed by atoms with Gasteiger partial charge in [0.05, 0.1) is 12.5 Å². The number of nitrogens with zero attached hydrogens (tertiary/aromatic N) is 2.